The summed E-state index contributed by atoms with van der Waals surface area (Å²) in [6, 6.07) is 0. The summed E-state index contributed by atoms with van der Waals surface area (Å²) in [5.74, 6) is 0. The van der Waals surface area contributed by atoms with Gasteiger partial charge in [-0.15, -0.1) is 16.4 Å². The quantitative estimate of drug-likeness (QED) is 0.527. The standard InChI is InChI=1S/C7H3N7O2S3/c15-14(16)4-3-9-7(18-4)19-6-10-11-12-13(6)5-8-1-2-17-5/h1-3H. The summed E-state index contributed by atoms with van der Waals surface area (Å²) in [4.78, 5) is 18.1. The summed E-state index contributed by atoms with van der Waals surface area (Å²) < 4.78 is 1.96. The second kappa shape index (κ2) is 4.99. The van der Waals surface area contributed by atoms with E-state index in [0.29, 0.717) is 14.6 Å². The smallest absolute Gasteiger partial charge is 0.257 e. The Balaban J connectivity index is 1.87. The van der Waals surface area contributed by atoms with Gasteiger partial charge in [0.1, 0.15) is 6.20 Å². The van der Waals surface area contributed by atoms with Crippen LogP contribution < -0.4 is 0 Å². The van der Waals surface area contributed by atoms with Crippen LogP contribution in [0.2, 0.25) is 0 Å². The molecular weight excluding hydrogens is 310 g/mol. The van der Waals surface area contributed by atoms with E-state index in [-0.39, 0.29) is 5.00 Å². The molecule has 0 aromatic carbocycles. The van der Waals surface area contributed by atoms with Gasteiger partial charge in [0.2, 0.25) is 10.3 Å². The fourth-order valence-corrected chi connectivity index (χ4v) is 3.45. The zero-order valence-electron chi connectivity index (χ0n) is 8.90. The number of tetrazole rings is 1. The molecule has 0 unspecified atom stereocenters. The lowest BCUT2D eigenvalue weighted by Crippen LogP contribution is -1.97. The average molecular weight is 313 g/mol. The van der Waals surface area contributed by atoms with Gasteiger partial charge < -0.3 is 0 Å². The van der Waals surface area contributed by atoms with Gasteiger partial charge in [-0.05, 0) is 33.5 Å². The molecule has 0 amide bonds. The highest BCUT2D eigenvalue weighted by Gasteiger charge is 2.17. The summed E-state index contributed by atoms with van der Waals surface area (Å²) in [7, 11) is 0. The van der Waals surface area contributed by atoms with Gasteiger partial charge >= 0.3 is 5.00 Å². The number of aromatic nitrogens is 6. The first kappa shape index (κ1) is 12.1. The Morgan fingerprint density at radius 2 is 2.32 bits per heavy atom. The second-order valence-electron chi connectivity index (χ2n) is 3.01. The van der Waals surface area contributed by atoms with E-state index in [1.807, 2.05) is 0 Å². The van der Waals surface area contributed by atoms with E-state index in [4.69, 9.17) is 0 Å². The molecule has 0 saturated carbocycles. The van der Waals surface area contributed by atoms with Crippen molar-refractivity contribution in [2.24, 2.45) is 0 Å². The van der Waals surface area contributed by atoms with Crippen molar-refractivity contribution in [2.75, 3.05) is 0 Å². The highest BCUT2D eigenvalue weighted by molar-refractivity contribution is 8.00. The van der Waals surface area contributed by atoms with Gasteiger partial charge in [-0.25, -0.2) is 9.97 Å². The minimum atomic E-state index is -0.481. The minimum absolute atomic E-state index is 0.0178. The van der Waals surface area contributed by atoms with Crippen LogP contribution in [-0.2, 0) is 0 Å². The number of rotatable bonds is 4. The Morgan fingerprint density at radius 3 is 3.00 bits per heavy atom. The van der Waals surface area contributed by atoms with Crippen LogP contribution in [0.4, 0.5) is 5.00 Å². The van der Waals surface area contributed by atoms with Crippen LogP contribution in [0, 0.1) is 10.1 Å². The van der Waals surface area contributed by atoms with Gasteiger partial charge in [0, 0.05) is 11.6 Å². The molecule has 3 heterocycles. The van der Waals surface area contributed by atoms with Gasteiger partial charge in [0.15, 0.2) is 4.34 Å². The van der Waals surface area contributed by atoms with E-state index < -0.39 is 4.92 Å². The summed E-state index contributed by atoms with van der Waals surface area (Å²) in [6.45, 7) is 0. The van der Waals surface area contributed by atoms with E-state index in [1.54, 1.807) is 11.6 Å². The molecule has 12 heteroatoms. The van der Waals surface area contributed by atoms with Crippen molar-refractivity contribution in [1.29, 1.82) is 0 Å². The average Bonchev–Trinajstić information content (AvgIpc) is 3.09. The first-order chi connectivity index (χ1) is 9.24. The first-order valence-electron chi connectivity index (χ1n) is 4.70. The molecule has 0 saturated heterocycles. The normalized spacial score (nSPS) is 10.7. The number of nitro groups is 1. The maximum Gasteiger partial charge on any atom is 0.344 e. The topological polar surface area (TPSA) is 113 Å². The molecule has 0 N–H and O–H groups in total. The van der Waals surface area contributed by atoms with E-state index in [2.05, 4.69) is 25.5 Å². The molecule has 3 rings (SSSR count). The third-order valence-corrected chi connectivity index (χ3v) is 4.58. The predicted octanol–water partition coefficient (Wildman–Crippen LogP) is 1.63. The van der Waals surface area contributed by atoms with Crippen LogP contribution in [0.3, 0.4) is 0 Å². The van der Waals surface area contributed by atoms with Crippen molar-refractivity contribution in [3.63, 3.8) is 0 Å². The molecule has 0 aliphatic rings. The Bertz CT molecular complexity index is 706. The van der Waals surface area contributed by atoms with Gasteiger partial charge in [0.05, 0.1) is 4.92 Å². The number of nitrogens with zero attached hydrogens (tertiary/aromatic N) is 7. The number of thiazole rings is 2. The van der Waals surface area contributed by atoms with Crippen LogP contribution in [0.5, 0.6) is 0 Å². The highest BCUT2D eigenvalue weighted by Crippen LogP contribution is 2.33. The van der Waals surface area contributed by atoms with Crippen LogP contribution in [-0.4, -0.2) is 35.1 Å². The molecule has 9 nitrogen and oxygen atoms in total. The SMILES string of the molecule is O=[N+]([O-])c1cnc(Sc2nnnn2-c2nccs2)s1. The monoisotopic (exact) mass is 313 g/mol. The fraction of sp³-hybridized carbons (Fsp3) is 0. The lowest BCUT2D eigenvalue weighted by atomic mass is 10.9. The third-order valence-electron chi connectivity index (χ3n) is 1.87. The lowest BCUT2D eigenvalue weighted by molar-refractivity contribution is -0.380. The summed E-state index contributed by atoms with van der Waals surface area (Å²) in [5, 5.41) is 24.7. The molecule has 0 radical (unpaired) electrons. The Hall–Kier alpha value is -1.92. The van der Waals surface area contributed by atoms with Crippen LogP contribution in [0.15, 0.2) is 27.3 Å². The lowest BCUT2D eigenvalue weighted by Gasteiger charge is -1.96. The number of hydrogen-bond donors (Lipinski definition) is 0. The summed E-state index contributed by atoms with van der Waals surface area (Å²) >= 11 is 3.51. The van der Waals surface area contributed by atoms with E-state index in [0.717, 1.165) is 23.1 Å². The molecule has 19 heavy (non-hydrogen) atoms. The Labute approximate surface area is 117 Å². The zero-order valence-corrected chi connectivity index (χ0v) is 11.4. The van der Waals surface area contributed by atoms with Gasteiger partial charge in [-0.1, -0.05) is 0 Å². The van der Waals surface area contributed by atoms with Crippen LogP contribution >= 0.6 is 34.4 Å². The van der Waals surface area contributed by atoms with Crippen molar-refractivity contribution in [3.8, 4) is 5.13 Å². The van der Waals surface area contributed by atoms with Crippen molar-refractivity contribution in [1.82, 2.24) is 30.2 Å². The molecule has 0 aliphatic carbocycles. The number of hydrogen-bond acceptors (Lipinski definition) is 10. The predicted molar refractivity (Wildman–Crippen MR) is 67.7 cm³/mol. The summed E-state index contributed by atoms with van der Waals surface area (Å²) in [6.07, 6.45) is 2.86. The maximum atomic E-state index is 10.6. The van der Waals surface area contributed by atoms with E-state index in [9.17, 15) is 10.1 Å². The third kappa shape index (κ3) is 2.45. The molecule has 3 aromatic rings. The van der Waals surface area contributed by atoms with Crippen LogP contribution in [0.25, 0.3) is 5.13 Å². The summed E-state index contributed by atoms with van der Waals surface area (Å²) in [5.41, 5.74) is 0. The van der Waals surface area contributed by atoms with Gasteiger partial charge in [0.25, 0.3) is 0 Å². The first-order valence-corrected chi connectivity index (χ1v) is 7.21. The van der Waals surface area contributed by atoms with Crippen molar-refractivity contribution in [3.05, 3.63) is 27.9 Å². The minimum Gasteiger partial charge on any atom is -0.257 e. The largest absolute Gasteiger partial charge is 0.344 e. The molecule has 96 valence electrons. The van der Waals surface area contributed by atoms with Crippen molar-refractivity contribution in [2.45, 2.75) is 9.50 Å². The molecule has 0 aliphatic heterocycles. The van der Waals surface area contributed by atoms with Gasteiger partial charge in [-0.3, -0.25) is 10.1 Å². The van der Waals surface area contributed by atoms with Gasteiger partial charge in [-0.2, -0.15) is 4.68 Å². The van der Waals surface area contributed by atoms with E-state index >= 15 is 0 Å². The zero-order chi connectivity index (χ0) is 13.2. The molecule has 0 spiro atoms. The highest BCUT2D eigenvalue weighted by atomic mass is 32.2. The maximum absolute atomic E-state index is 10.6. The Morgan fingerprint density at radius 1 is 1.42 bits per heavy atom. The molecule has 0 atom stereocenters. The van der Waals surface area contributed by atoms with Crippen molar-refractivity contribution < 1.29 is 4.92 Å². The second-order valence-corrected chi connectivity index (χ2v) is 6.11. The Kier molecular flexibility index (Phi) is 3.18. The molecular formula is C7H3N7O2S3. The molecule has 0 fully saturated rings. The fourth-order valence-electron chi connectivity index (χ4n) is 1.14. The van der Waals surface area contributed by atoms with E-state index in [1.165, 1.54) is 22.2 Å². The van der Waals surface area contributed by atoms with Crippen molar-refractivity contribution >= 4 is 39.4 Å². The molecule has 3 aromatic heterocycles. The molecule has 0 bridgehead atoms. The van der Waals surface area contributed by atoms with Crippen LogP contribution in [0.1, 0.15) is 0 Å².